The molecule has 3 rings (SSSR count). The molecule has 16 heavy (non-hydrogen) atoms. The van der Waals surface area contributed by atoms with Crippen LogP contribution < -0.4 is 0 Å². The van der Waals surface area contributed by atoms with Gasteiger partial charge < -0.3 is 5.11 Å². The first-order chi connectivity index (χ1) is 7.70. The third-order valence-electron chi connectivity index (χ3n) is 4.14. The van der Waals surface area contributed by atoms with Crippen molar-refractivity contribution in [1.29, 1.82) is 0 Å². The van der Waals surface area contributed by atoms with Gasteiger partial charge in [-0.15, -0.1) is 0 Å². The Bertz CT molecular complexity index is 408. The summed E-state index contributed by atoms with van der Waals surface area (Å²) in [6.45, 7) is 0. The SMILES string of the molecule is OC(c1cccc(Cl)c1Cl)C1C2CCCC21. The van der Waals surface area contributed by atoms with Crippen molar-refractivity contribution < 1.29 is 5.11 Å². The number of hydrogen-bond acceptors (Lipinski definition) is 1. The normalized spacial score (nSPS) is 33.6. The van der Waals surface area contributed by atoms with Crippen molar-refractivity contribution in [3.05, 3.63) is 33.8 Å². The highest BCUT2D eigenvalue weighted by Gasteiger charge is 2.56. The topological polar surface area (TPSA) is 20.2 Å². The van der Waals surface area contributed by atoms with E-state index >= 15 is 0 Å². The van der Waals surface area contributed by atoms with Crippen LogP contribution in [0.3, 0.4) is 0 Å². The van der Waals surface area contributed by atoms with Crippen LogP contribution in [0.25, 0.3) is 0 Å². The minimum atomic E-state index is -0.429. The molecule has 1 nitrogen and oxygen atoms in total. The van der Waals surface area contributed by atoms with E-state index in [0.717, 1.165) is 17.4 Å². The maximum absolute atomic E-state index is 10.3. The first-order valence-corrected chi connectivity index (χ1v) is 6.57. The minimum Gasteiger partial charge on any atom is -0.388 e. The van der Waals surface area contributed by atoms with Crippen molar-refractivity contribution in [2.45, 2.75) is 25.4 Å². The lowest BCUT2D eigenvalue weighted by Crippen LogP contribution is -2.05. The summed E-state index contributed by atoms with van der Waals surface area (Å²) in [4.78, 5) is 0. The first-order valence-electron chi connectivity index (χ1n) is 5.82. The zero-order valence-corrected chi connectivity index (χ0v) is 10.4. The van der Waals surface area contributed by atoms with Crippen LogP contribution in [0.2, 0.25) is 10.0 Å². The van der Waals surface area contributed by atoms with Gasteiger partial charge in [0, 0.05) is 5.56 Å². The third kappa shape index (κ3) is 1.57. The van der Waals surface area contributed by atoms with Crippen LogP contribution in [0, 0.1) is 17.8 Å². The molecular weight excluding hydrogens is 243 g/mol. The molecule has 1 aromatic carbocycles. The molecule has 1 aromatic rings. The van der Waals surface area contributed by atoms with E-state index in [2.05, 4.69) is 0 Å². The van der Waals surface area contributed by atoms with E-state index < -0.39 is 6.10 Å². The van der Waals surface area contributed by atoms with E-state index in [0.29, 0.717) is 16.0 Å². The van der Waals surface area contributed by atoms with E-state index in [-0.39, 0.29) is 0 Å². The fourth-order valence-corrected chi connectivity index (χ4v) is 3.72. The molecule has 2 fully saturated rings. The summed E-state index contributed by atoms with van der Waals surface area (Å²) < 4.78 is 0. The second-order valence-corrected chi connectivity index (χ2v) is 5.71. The summed E-state index contributed by atoms with van der Waals surface area (Å²) >= 11 is 12.1. The molecule has 2 aliphatic rings. The molecule has 3 heteroatoms. The number of aliphatic hydroxyl groups is 1. The molecule has 0 radical (unpaired) electrons. The number of aliphatic hydroxyl groups excluding tert-OH is 1. The van der Waals surface area contributed by atoms with Crippen LogP contribution >= 0.6 is 23.2 Å². The summed E-state index contributed by atoms with van der Waals surface area (Å²) in [7, 11) is 0. The van der Waals surface area contributed by atoms with Crippen molar-refractivity contribution in [3.63, 3.8) is 0 Å². The Morgan fingerprint density at radius 1 is 1.19 bits per heavy atom. The largest absolute Gasteiger partial charge is 0.388 e. The van der Waals surface area contributed by atoms with Gasteiger partial charge in [-0.05, 0) is 36.7 Å². The molecule has 0 bridgehead atoms. The van der Waals surface area contributed by atoms with Crippen molar-refractivity contribution in [1.82, 2.24) is 0 Å². The van der Waals surface area contributed by atoms with Crippen LogP contribution in [0.1, 0.15) is 30.9 Å². The lowest BCUT2D eigenvalue weighted by Gasteiger charge is -2.15. The van der Waals surface area contributed by atoms with Gasteiger partial charge in [0.1, 0.15) is 0 Å². The smallest absolute Gasteiger partial charge is 0.0838 e. The lowest BCUT2D eigenvalue weighted by molar-refractivity contribution is 0.137. The van der Waals surface area contributed by atoms with Gasteiger partial charge in [-0.1, -0.05) is 41.8 Å². The highest BCUT2D eigenvalue weighted by molar-refractivity contribution is 6.42. The van der Waals surface area contributed by atoms with E-state index in [1.807, 2.05) is 12.1 Å². The summed E-state index contributed by atoms with van der Waals surface area (Å²) in [5.74, 6) is 1.87. The zero-order chi connectivity index (χ0) is 11.3. The fraction of sp³-hybridized carbons (Fsp3) is 0.538. The van der Waals surface area contributed by atoms with Crippen molar-refractivity contribution in [3.8, 4) is 0 Å². The molecule has 0 amide bonds. The summed E-state index contributed by atoms with van der Waals surface area (Å²) in [6.07, 6.45) is 3.43. The molecule has 0 spiro atoms. The maximum Gasteiger partial charge on any atom is 0.0838 e. The van der Waals surface area contributed by atoms with Gasteiger partial charge in [0.2, 0.25) is 0 Å². The Kier molecular flexibility index (Phi) is 2.66. The van der Waals surface area contributed by atoms with Crippen LogP contribution in [-0.4, -0.2) is 5.11 Å². The quantitative estimate of drug-likeness (QED) is 0.846. The molecular formula is C13H14Cl2O. The summed E-state index contributed by atoms with van der Waals surface area (Å²) in [6, 6.07) is 5.49. The number of hydrogen-bond donors (Lipinski definition) is 1. The Morgan fingerprint density at radius 2 is 1.88 bits per heavy atom. The second kappa shape index (κ2) is 3.90. The van der Waals surface area contributed by atoms with Gasteiger partial charge in [0.05, 0.1) is 16.1 Å². The predicted molar refractivity (Wildman–Crippen MR) is 65.7 cm³/mol. The van der Waals surface area contributed by atoms with Crippen LogP contribution in [0.15, 0.2) is 18.2 Å². The Balaban J connectivity index is 1.85. The van der Waals surface area contributed by atoms with Crippen molar-refractivity contribution in [2.75, 3.05) is 0 Å². The second-order valence-electron chi connectivity index (χ2n) is 4.92. The highest BCUT2D eigenvalue weighted by atomic mass is 35.5. The van der Waals surface area contributed by atoms with Gasteiger partial charge in [-0.25, -0.2) is 0 Å². The van der Waals surface area contributed by atoms with Gasteiger partial charge in [0.15, 0.2) is 0 Å². The van der Waals surface area contributed by atoms with Gasteiger partial charge in [0.25, 0.3) is 0 Å². The molecule has 0 saturated heterocycles. The van der Waals surface area contributed by atoms with Crippen LogP contribution in [-0.2, 0) is 0 Å². The van der Waals surface area contributed by atoms with Crippen LogP contribution in [0.5, 0.6) is 0 Å². The number of benzene rings is 1. The zero-order valence-electron chi connectivity index (χ0n) is 8.87. The molecule has 2 aliphatic carbocycles. The molecule has 3 atom stereocenters. The van der Waals surface area contributed by atoms with E-state index in [4.69, 9.17) is 23.2 Å². The highest BCUT2D eigenvalue weighted by Crippen LogP contribution is 2.62. The molecule has 0 aromatic heterocycles. The maximum atomic E-state index is 10.3. The Labute approximate surface area is 105 Å². The van der Waals surface area contributed by atoms with Gasteiger partial charge in [-0.3, -0.25) is 0 Å². The van der Waals surface area contributed by atoms with Crippen molar-refractivity contribution >= 4 is 23.2 Å². The molecule has 0 aliphatic heterocycles. The van der Waals surface area contributed by atoms with Gasteiger partial charge in [-0.2, -0.15) is 0 Å². The average molecular weight is 257 g/mol. The summed E-state index contributed by atoms with van der Waals surface area (Å²) in [5, 5.41) is 11.4. The molecule has 3 unspecified atom stereocenters. The lowest BCUT2D eigenvalue weighted by atomic mass is 9.99. The van der Waals surface area contributed by atoms with Gasteiger partial charge >= 0.3 is 0 Å². The number of fused-ring (bicyclic) bond motifs is 1. The number of halogens is 2. The molecule has 2 saturated carbocycles. The molecule has 1 N–H and O–H groups in total. The van der Waals surface area contributed by atoms with E-state index in [1.54, 1.807) is 6.07 Å². The molecule has 86 valence electrons. The van der Waals surface area contributed by atoms with E-state index in [1.165, 1.54) is 19.3 Å². The Morgan fingerprint density at radius 3 is 2.56 bits per heavy atom. The van der Waals surface area contributed by atoms with Crippen molar-refractivity contribution in [2.24, 2.45) is 17.8 Å². The van der Waals surface area contributed by atoms with E-state index in [9.17, 15) is 5.11 Å². The Hall–Kier alpha value is -0.240. The third-order valence-corrected chi connectivity index (χ3v) is 4.97. The molecule has 0 heterocycles. The fourth-order valence-electron chi connectivity index (χ4n) is 3.30. The van der Waals surface area contributed by atoms with Crippen LogP contribution in [0.4, 0.5) is 0 Å². The monoisotopic (exact) mass is 256 g/mol. The average Bonchev–Trinajstić information content (AvgIpc) is 2.75. The number of rotatable bonds is 2. The first kappa shape index (κ1) is 10.9. The summed E-state index contributed by atoms with van der Waals surface area (Å²) in [5.41, 5.74) is 0.800. The minimum absolute atomic E-state index is 0.421. The standard InChI is InChI=1S/C13H14Cl2O/c14-10-6-2-5-9(12(10)15)13(16)11-7-3-1-4-8(7)11/h2,5-8,11,13,16H,1,3-4H2. The predicted octanol–water partition coefficient (Wildman–Crippen LogP) is 4.07.